The van der Waals surface area contributed by atoms with Crippen LogP contribution >= 0.6 is 0 Å². The van der Waals surface area contributed by atoms with E-state index in [1.807, 2.05) is 32.1 Å². The van der Waals surface area contributed by atoms with Crippen molar-refractivity contribution >= 4 is 24.9 Å². The summed E-state index contributed by atoms with van der Waals surface area (Å²) in [5.41, 5.74) is 7.91. The minimum atomic E-state index is -0.319. The molecule has 1 saturated heterocycles. The van der Waals surface area contributed by atoms with Crippen LogP contribution in [0.25, 0.3) is 0 Å². The maximum absolute atomic E-state index is 11.8. The van der Waals surface area contributed by atoms with Gasteiger partial charge in [-0.15, -0.1) is 0 Å². The van der Waals surface area contributed by atoms with Gasteiger partial charge in [-0.05, 0) is 25.0 Å². The minimum Gasteiger partial charge on any atom is -0.320 e. The summed E-state index contributed by atoms with van der Waals surface area (Å²) in [6, 6.07) is 7.67. The molecule has 1 atom stereocenters. The van der Waals surface area contributed by atoms with Gasteiger partial charge in [0.25, 0.3) is 0 Å². The molecule has 1 unspecified atom stereocenters. The molecular weight excluding hydrogens is 187 g/mol. The molecule has 2 rings (SSSR count). The molecule has 1 amide bonds. The number of rotatable bonds is 1. The van der Waals surface area contributed by atoms with Crippen LogP contribution < -0.4 is 16.1 Å². The first-order valence-electron chi connectivity index (χ1n) is 5.32. The summed E-state index contributed by atoms with van der Waals surface area (Å²) in [5, 5.41) is 0. The highest BCUT2D eigenvalue weighted by molar-refractivity contribution is 6.32. The van der Waals surface area contributed by atoms with Gasteiger partial charge >= 0.3 is 0 Å². The van der Waals surface area contributed by atoms with Crippen molar-refractivity contribution in [3.8, 4) is 0 Å². The zero-order valence-corrected chi connectivity index (χ0v) is 8.94. The standard InChI is InChI=1S/C11H15BN2O/c12-8-3-5-9(6-4-8)14-7-1-2-10(13)11(14)15/h3-6,10H,1-2,7,12-13H2. The molecule has 0 bridgehead atoms. The van der Waals surface area contributed by atoms with Crippen molar-refractivity contribution < 1.29 is 4.79 Å². The lowest BCUT2D eigenvalue weighted by Crippen LogP contribution is -2.48. The Morgan fingerprint density at radius 2 is 2.00 bits per heavy atom. The van der Waals surface area contributed by atoms with E-state index in [2.05, 4.69) is 0 Å². The average Bonchev–Trinajstić information content (AvgIpc) is 2.24. The topological polar surface area (TPSA) is 46.3 Å². The zero-order chi connectivity index (χ0) is 10.8. The first kappa shape index (κ1) is 10.2. The molecule has 1 aliphatic rings. The molecule has 0 saturated carbocycles. The van der Waals surface area contributed by atoms with E-state index in [4.69, 9.17) is 5.73 Å². The molecule has 1 aromatic rings. The molecule has 0 aliphatic carbocycles. The largest absolute Gasteiger partial charge is 0.320 e. The van der Waals surface area contributed by atoms with Crippen molar-refractivity contribution in [1.82, 2.24) is 0 Å². The van der Waals surface area contributed by atoms with Crippen molar-refractivity contribution in [3.63, 3.8) is 0 Å². The monoisotopic (exact) mass is 202 g/mol. The van der Waals surface area contributed by atoms with Crippen molar-refractivity contribution in [2.75, 3.05) is 11.4 Å². The molecule has 2 N–H and O–H groups in total. The molecule has 4 heteroatoms. The molecule has 1 aliphatic heterocycles. The fourth-order valence-corrected chi connectivity index (χ4v) is 1.88. The Hall–Kier alpha value is -1.29. The molecule has 15 heavy (non-hydrogen) atoms. The van der Waals surface area contributed by atoms with Crippen molar-refractivity contribution in [2.24, 2.45) is 5.73 Å². The normalized spacial score (nSPS) is 21.8. The summed E-state index contributed by atoms with van der Waals surface area (Å²) in [4.78, 5) is 13.6. The molecule has 3 nitrogen and oxygen atoms in total. The zero-order valence-electron chi connectivity index (χ0n) is 8.94. The Labute approximate surface area is 90.7 Å². The van der Waals surface area contributed by atoms with Crippen LogP contribution in [0.2, 0.25) is 0 Å². The van der Waals surface area contributed by atoms with Gasteiger partial charge in [0.05, 0.1) is 6.04 Å². The van der Waals surface area contributed by atoms with Gasteiger partial charge in [-0.3, -0.25) is 4.79 Å². The molecule has 78 valence electrons. The van der Waals surface area contributed by atoms with Crippen LogP contribution in [0.15, 0.2) is 24.3 Å². The summed E-state index contributed by atoms with van der Waals surface area (Å²) >= 11 is 0. The number of carbonyl (C=O) groups excluding carboxylic acids is 1. The van der Waals surface area contributed by atoms with Gasteiger partial charge in [-0.2, -0.15) is 0 Å². The van der Waals surface area contributed by atoms with Crippen LogP contribution in [0.3, 0.4) is 0 Å². The second-order valence-electron chi connectivity index (χ2n) is 4.07. The van der Waals surface area contributed by atoms with Crippen molar-refractivity contribution in [3.05, 3.63) is 24.3 Å². The Balaban J connectivity index is 2.22. The molecule has 0 aromatic heterocycles. The highest BCUT2D eigenvalue weighted by atomic mass is 16.2. The number of nitrogens with two attached hydrogens (primary N) is 1. The summed E-state index contributed by atoms with van der Waals surface area (Å²) in [7, 11) is 2.04. The molecule has 1 aromatic carbocycles. The van der Waals surface area contributed by atoms with Crippen LogP contribution in [-0.2, 0) is 4.79 Å². The molecule has 1 fully saturated rings. The van der Waals surface area contributed by atoms with Gasteiger partial charge in [0, 0.05) is 12.2 Å². The van der Waals surface area contributed by atoms with Gasteiger partial charge in [-0.25, -0.2) is 0 Å². The predicted molar refractivity (Wildman–Crippen MR) is 64.2 cm³/mol. The van der Waals surface area contributed by atoms with Crippen LogP contribution in [-0.4, -0.2) is 26.3 Å². The number of hydrogen-bond donors (Lipinski definition) is 1. The lowest BCUT2D eigenvalue weighted by Gasteiger charge is -2.30. The Morgan fingerprint density at radius 1 is 1.33 bits per heavy atom. The summed E-state index contributed by atoms with van der Waals surface area (Å²) in [6.45, 7) is 0.787. The van der Waals surface area contributed by atoms with E-state index in [9.17, 15) is 4.79 Å². The van der Waals surface area contributed by atoms with Gasteiger partial charge < -0.3 is 10.6 Å². The SMILES string of the molecule is Bc1ccc(N2CCCC(N)C2=O)cc1. The van der Waals surface area contributed by atoms with E-state index in [1.54, 1.807) is 4.90 Å². The van der Waals surface area contributed by atoms with E-state index >= 15 is 0 Å². The van der Waals surface area contributed by atoms with Crippen LogP contribution in [0.5, 0.6) is 0 Å². The summed E-state index contributed by atoms with van der Waals surface area (Å²) in [6.07, 6.45) is 1.79. The molecule has 0 radical (unpaired) electrons. The van der Waals surface area contributed by atoms with Crippen molar-refractivity contribution in [2.45, 2.75) is 18.9 Å². The van der Waals surface area contributed by atoms with Crippen molar-refractivity contribution in [1.29, 1.82) is 0 Å². The van der Waals surface area contributed by atoms with E-state index in [-0.39, 0.29) is 11.9 Å². The third-order valence-electron chi connectivity index (χ3n) is 2.83. The predicted octanol–water partition coefficient (Wildman–Crippen LogP) is -0.601. The van der Waals surface area contributed by atoms with Gasteiger partial charge in [-0.1, -0.05) is 17.6 Å². The van der Waals surface area contributed by atoms with Crippen LogP contribution in [0.4, 0.5) is 5.69 Å². The van der Waals surface area contributed by atoms with E-state index in [1.165, 1.54) is 5.46 Å². The smallest absolute Gasteiger partial charge is 0.243 e. The van der Waals surface area contributed by atoms with E-state index in [0.717, 1.165) is 25.1 Å². The summed E-state index contributed by atoms with van der Waals surface area (Å²) < 4.78 is 0. The Bertz CT molecular complexity index is 363. The van der Waals surface area contributed by atoms with Gasteiger partial charge in [0.2, 0.25) is 5.91 Å². The van der Waals surface area contributed by atoms with Gasteiger partial charge in [0.1, 0.15) is 7.85 Å². The minimum absolute atomic E-state index is 0.0464. The number of nitrogens with zero attached hydrogens (tertiary/aromatic N) is 1. The average molecular weight is 202 g/mol. The first-order chi connectivity index (χ1) is 7.18. The number of piperidine rings is 1. The van der Waals surface area contributed by atoms with Crippen LogP contribution in [0.1, 0.15) is 12.8 Å². The Kier molecular flexibility index (Phi) is 2.78. The fraction of sp³-hybridized carbons (Fsp3) is 0.364. The maximum atomic E-state index is 11.8. The van der Waals surface area contributed by atoms with Crippen LogP contribution in [0, 0.1) is 0 Å². The van der Waals surface area contributed by atoms with E-state index < -0.39 is 0 Å². The quantitative estimate of drug-likeness (QED) is 0.618. The number of benzene rings is 1. The fourth-order valence-electron chi connectivity index (χ4n) is 1.88. The lowest BCUT2D eigenvalue weighted by atomic mass is 9.96. The third-order valence-corrected chi connectivity index (χ3v) is 2.83. The molecule has 1 heterocycles. The second-order valence-corrected chi connectivity index (χ2v) is 4.07. The number of amides is 1. The third kappa shape index (κ3) is 2.05. The Morgan fingerprint density at radius 3 is 2.67 bits per heavy atom. The highest BCUT2D eigenvalue weighted by Crippen LogP contribution is 2.19. The first-order valence-corrected chi connectivity index (χ1v) is 5.32. The highest BCUT2D eigenvalue weighted by Gasteiger charge is 2.26. The maximum Gasteiger partial charge on any atom is 0.243 e. The lowest BCUT2D eigenvalue weighted by molar-refractivity contribution is -0.120. The number of anilines is 1. The second kappa shape index (κ2) is 4.07. The molecular formula is C11H15BN2O. The van der Waals surface area contributed by atoms with Gasteiger partial charge in [0.15, 0.2) is 0 Å². The molecule has 0 spiro atoms. The number of carbonyl (C=O) groups is 1. The van der Waals surface area contributed by atoms with E-state index in [0.29, 0.717) is 0 Å². The summed E-state index contributed by atoms with van der Waals surface area (Å²) in [5.74, 6) is 0.0464. The number of hydrogen-bond acceptors (Lipinski definition) is 2.